The Labute approximate surface area is 72.8 Å². The Hall–Kier alpha value is -0.0800. The molecule has 4 rings (SSSR count). The third-order valence-corrected chi connectivity index (χ3v) is 4.16. The summed E-state index contributed by atoms with van der Waals surface area (Å²) in [5, 5.41) is 10.7. The van der Waals surface area contributed by atoms with Gasteiger partial charge >= 0.3 is 0 Å². The molecular formula is C10H15O2. The van der Waals surface area contributed by atoms with Gasteiger partial charge in [-0.3, -0.25) is 0 Å². The molecule has 0 aromatic carbocycles. The lowest BCUT2D eigenvalue weighted by Gasteiger charge is -2.54. The maximum Gasteiger partial charge on any atom is 0.108 e. The van der Waals surface area contributed by atoms with Crippen molar-refractivity contribution in [2.45, 2.75) is 44.1 Å². The molecule has 1 radical (unpaired) electrons. The van der Waals surface area contributed by atoms with Crippen molar-refractivity contribution < 1.29 is 10.1 Å². The van der Waals surface area contributed by atoms with Crippen LogP contribution in [-0.4, -0.2) is 5.60 Å². The molecule has 4 aliphatic carbocycles. The van der Waals surface area contributed by atoms with Crippen LogP contribution in [0.25, 0.3) is 0 Å². The normalized spacial score (nSPS) is 56.2. The fourth-order valence-electron chi connectivity index (χ4n) is 4.13. The summed E-state index contributed by atoms with van der Waals surface area (Å²) in [7, 11) is 0. The van der Waals surface area contributed by atoms with Gasteiger partial charge in [0.2, 0.25) is 0 Å². The van der Waals surface area contributed by atoms with Crippen LogP contribution in [0.2, 0.25) is 0 Å². The largest absolute Gasteiger partial charge is 0.197 e. The van der Waals surface area contributed by atoms with Crippen LogP contribution in [0.1, 0.15) is 38.5 Å². The van der Waals surface area contributed by atoms with Gasteiger partial charge in [0.05, 0.1) is 0 Å². The van der Waals surface area contributed by atoms with E-state index in [0.29, 0.717) is 0 Å². The zero-order valence-electron chi connectivity index (χ0n) is 7.29. The van der Waals surface area contributed by atoms with Gasteiger partial charge in [-0.15, -0.1) is 0 Å². The molecule has 0 heterocycles. The molecule has 4 fully saturated rings. The van der Waals surface area contributed by atoms with Crippen LogP contribution in [0.4, 0.5) is 0 Å². The molecule has 0 aromatic heterocycles. The first kappa shape index (κ1) is 7.34. The summed E-state index contributed by atoms with van der Waals surface area (Å²) in [6.07, 6.45) is 7.31. The van der Waals surface area contributed by atoms with Crippen LogP contribution < -0.4 is 0 Å². The Morgan fingerprint density at radius 2 is 1.33 bits per heavy atom. The standard InChI is InChI=1S/C10H15O2/c11-12-10-4-7-1-8(5-10)3-9(2-7)6-10/h7-9H,1-6H2. The van der Waals surface area contributed by atoms with Crippen LogP contribution in [0.5, 0.6) is 0 Å². The van der Waals surface area contributed by atoms with Crippen LogP contribution >= 0.6 is 0 Å². The monoisotopic (exact) mass is 167 g/mol. The summed E-state index contributed by atoms with van der Waals surface area (Å²) in [5.41, 5.74) is -0.214. The van der Waals surface area contributed by atoms with Crippen molar-refractivity contribution >= 4 is 0 Å². The molecule has 0 spiro atoms. The van der Waals surface area contributed by atoms with E-state index in [4.69, 9.17) is 0 Å². The second-order valence-corrected chi connectivity index (χ2v) is 5.18. The molecule has 67 valence electrons. The zero-order chi connectivity index (χ0) is 8.18. The van der Waals surface area contributed by atoms with Gasteiger partial charge in [-0.05, 0) is 61.5 Å². The van der Waals surface area contributed by atoms with Crippen LogP contribution in [0.15, 0.2) is 0 Å². The molecule has 0 N–H and O–H groups in total. The van der Waals surface area contributed by atoms with Crippen molar-refractivity contribution in [2.24, 2.45) is 17.8 Å². The molecule has 0 unspecified atom stereocenters. The molecule has 4 saturated carbocycles. The Kier molecular flexibility index (Phi) is 1.37. The van der Waals surface area contributed by atoms with Crippen molar-refractivity contribution in [1.29, 1.82) is 0 Å². The van der Waals surface area contributed by atoms with E-state index < -0.39 is 0 Å². The third kappa shape index (κ3) is 0.882. The topological polar surface area (TPSA) is 29.1 Å². The second-order valence-electron chi connectivity index (χ2n) is 5.18. The SMILES string of the molecule is [O]OC12CC3CC(CC(C3)C1)C2. The Bertz CT molecular complexity index is 165. The Morgan fingerprint density at radius 3 is 1.67 bits per heavy atom. The lowest BCUT2D eigenvalue weighted by molar-refractivity contribution is -0.398. The quantitative estimate of drug-likeness (QED) is 0.435. The van der Waals surface area contributed by atoms with E-state index in [2.05, 4.69) is 4.89 Å². The number of hydrogen-bond acceptors (Lipinski definition) is 1. The van der Waals surface area contributed by atoms with E-state index in [-0.39, 0.29) is 5.60 Å². The van der Waals surface area contributed by atoms with Crippen molar-refractivity contribution in [2.75, 3.05) is 0 Å². The summed E-state index contributed by atoms with van der Waals surface area (Å²) in [6.45, 7) is 0. The van der Waals surface area contributed by atoms with E-state index in [0.717, 1.165) is 37.0 Å². The number of rotatable bonds is 1. The highest BCUT2D eigenvalue weighted by Gasteiger charge is 2.52. The minimum atomic E-state index is -0.214. The highest BCUT2D eigenvalue weighted by Crippen LogP contribution is 2.56. The summed E-state index contributed by atoms with van der Waals surface area (Å²) in [6, 6.07) is 0. The molecule has 12 heavy (non-hydrogen) atoms. The molecular weight excluding hydrogens is 152 g/mol. The van der Waals surface area contributed by atoms with E-state index in [1.807, 2.05) is 0 Å². The van der Waals surface area contributed by atoms with E-state index >= 15 is 0 Å². The molecule has 2 nitrogen and oxygen atoms in total. The predicted molar refractivity (Wildman–Crippen MR) is 42.7 cm³/mol. The number of hydrogen-bond donors (Lipinski definition) is 0. The molecule has 0 amide bonds. The maximum absolute atomic E-state index is 10.7. The average molecular weight is 167 g/mol. The smallest absolute Gasteiger partial charge is 0.108 e. The Morgan fingerprint density at radius 1 is 0.917 bits per heavy atom. The van der Waals surface area contributed by atoms with Gasteiger partial charge < -0.3 is 0 Å². The van der Waals surface area contributed by atoms with E-state index in [9.17, 15) is 5.26 Å². The van der Waals surface area contributed by atoms with Crippen LogP contribution in [0.3, 0.4) is 0 Å². The zero-order valence-corrected chi connectivity index (χ0v) is 7.29. The molecule has 4 aliphatic rings. The third-order valence-electron chi connectivity index (χ3n) is 4.16. The van der Waals surface area contributed by atoms with Gasteiger partial charge in [-0.2, -0.15) is 4.89 Å². The second kappa shape index (κ2) is 2.24. The fraction of sp³-hybridized carbons (Fsp3) is 1.00. The summed E-state index contributed by atoms with van der Waals surface area (Å²) < 4.78 is 0. The van der Waals surface area contributed by atoms with Crippen molar-refractivity contribution in [3.63, 3.8) is 0 Å². The van der Waals surface area contributed by atoms with E-state index in [1.54, 1.807) is 0 Å². The van der Waals surface area contributed by atoms with Crippen LogP contribution in [-0.2, 0) is 10.1 Å². The molecule has 0 aromatic rings. The first-order valence-electron chi connectivity index (χ1n) is 5.11. The van der Waals surface area contributed by atoms with Crippen molar-refractivity contribution in [3.8, 4) is 0 Å². The van der Waals surface area contributed by atoms with Gasteiger partial charge in [0, 0.05) is 0 Å². The first-order chi connectivity index (χ1) is 5.80. The summed E-state index contributed by atoms with van der Waals surface area (Å²) in [5.74, 6) is 2.47. The molecule has 0 atom stereocenters. The fourth-order valence-corrected chi connectivity index (χ4v) is 4.13. The van der Waals surface area contributed by atoms with Gasteiger partial charge in [0.1, 0.15) is 5.60 Å². The van der Waals surface area contributed by atoms with Gasteiger partial charge in [0.25, 0.3) is 0 Å². The highest BCUT2D eigenvalue weighted by atomic mass is 17.1. The van der Waals surface area contributed by atoms with Gasteiger partial charge in [-0.1, -0.05) is 0 Å². The molecule has 2 heteroatoms. The van der Waals surface area contributed by atoms with Crippen LogP contribution in [0, 0.1) is 17.8 Å². The first-order valence-corrected chi connectivity index (χ1v) is 5.11. The van der Waals surface area contributed by atoms with Gasteiger partial charge in [0.15, 0.2) is 0 Å². The minimum absolute atomic E-state index is 0.214. The highest BCUT2D eigenvalue weighted by molar-refractivity contribution is 5.02. The predicted octanol–water partition coefficient (Wildman–Crippen LogP) is 2.32. The summed E-state index contributed by atoms with van der Waals surface area (Å²) >= 11 is 0. The summed E-state index contributed by atoms with van der Waals surface area (Å²) in [4.78, 5) is 4.50. The van der Waals surface area contributed by atoms with E-state index in [1.165, 1.54) is 19.3 Å². The Balaban J connectivity index is 1.90. The molecule has 4 bridgehead atoms. The van der Waals surface area contributed by atoms with Crippen molar-refractivity contribution in [1.82, 2.24) is 0 Å². The lowest BCUT2D eigenvalue weighted by Crippen LogP contribution is -2.51. The lowest BCUT2D eigenvalue weighted by atomic mass is 9.54. The minimum Gasteiger partial charge on any atom is -0.197 e. The maximum atomic E-state index is 10.7. The average Bonchev–Trinajstić information content (AvgIpc) is 2.02. The molecule has 0 aliphatic heterocycles. The molecule has 0 saturated heterocycles. The van der Waals surface area contributed by atoms with Crippen molar-refractivity contribution in [3.05, 3.63) is 0 Å². The van der Waals surface area contributed by atoms with Gasteiger partial charge in [-0.25, -0.2) is 0 Å².